The number of hydrogen-bond acceptors (Lipinski definition) is 6. The van der Waals surface area contributed by atoms with E-state index in [9.17, 15) is 9.59 Å². The summed E-state index contributed by atoms with van der Waals surface area (Å²) >= 11 is 1.63. The molecule has 2 aromatic heterocycles. The zero-order valence-corrected chi connectivity index (χ0v) is 25.7. The number of nitrogens with zero attached hydrogens (tertiary/aromatic N) is 4. The van der Waals surface area contributed by atoms with Crippen molar-refractivity contribution in [3.8, 4) is 11.3 Å². The molecule has 7 rings (SSSR count). The van der Waals surface area contributed by atoms with E-state index >= 15 is 4.39 Å². The maximum Gasteiger partial charge on any atom is 0.293 e. The number of carbonyl (C=O) groups is 1. The number of fused-ring (bicyclic) bond motifs is 4. The van der Waals surface area contributed by atoms with Gasteiger partial charge in [-0.15, -0.1) is 11.3 Å². The van der Waals surface area contributed by atoms with Crippen LogP contribution in [0.5, 0.6) is 0 Å². The predicted molar refractivity (Wildman–Crippen MR) is 170 cm³/mol. The van der Waals surface area contributed by atoms with E-state index in [0.717, 1.165) is 54.9 Å². The van der Waals surface area contributed by atoms with Crippen molar-refractivity contribution < 1.29 is 9.18 Å². The Labute approximate surface area is 255 Å². The number of thiophene rings is 1. The fourth-order valence-electron chi connectivity index (χ4n) is 6.94. The third kappa shape index (κ3) is 4.98. The Bertz CT molecular complexity index is 1830. The van der Waals surface area contributed by atoms with Crippen LogP contribution in [0.3, 0.4) is 0 Å². The molecule has 0 bridgehead atoms. The van der Waals surface area contributed by atoms with E-state index in [1.54, 1.807) is 29.5 Å². The first-order valence-electron chi connectivity index (χ1n) is 15.2. The van der Waals surface area contributed by atoms with E-state index in [-0.39, 0.29) is 17.3 Å². The number of rotatable bonds is 5. The van der Waals surface area contributed by atoms with E-state index in [1.165, 1.54) is 56.7 Å². The second-order valence-electron chi connectivity index (χ2n) is 12.0. The zero-order chi connectivity index (χ0) is 29.8. The van der Waals surface area contributed by atoms with Crippen molar-refractivity contribution >= 4 is 34.4 Å². The molecule has 2 aliphatic heterocycles. The summed E-state index contributed by atoms with van der Waals surface area (Å²) in [6, 6.07) is 9.11. The minimum absolute atomic E-state index is 0.0405. The van der Waals surface area contributed by atoms with Crippen molar-refractivity contribution in [1.82, 2.24) is 14.5 Å². The SMILES string of the molecule is CCc1c(-c2cn(C)c(=O)c(Nc3ccc4c(c3)CCN(C)C4)n2)cc(F)cc1N1CCc2c(sc3c2CCCC3)C1=O. The van der Waals surface area contributed by atoms with E-state index in [4.69, 9.17) is 4.98 Å². The summed E-state index contributed by atoms with van der Waals surface area (Å²) in [6.07, 6.45) is 8.40. The molecule has 0 radical (unpaired) electrons. The van der Waals surface area contributed by atoms with E-state index in [1.807, 2.05) is 13.0 Å². The number of amides is 1. The molecule has 222 valence electrons. The number of aromatic nitrogens is 2. The Morgan fingerprint density at radius 1 is 0.977 bits per heavy atom. The van der Waals surface area contributed by atoms with Crippen LogP contribution < -0.4 is 15.8 Å². The molecule has 4 aromatic rings. The minimum Gasteiger partial charge on any atom is -0.336 e. The molecule has 3 aliphatic rings. The number of halogens is 1. The molecule has 9 heteroatoms. The Kier molecular flexibility index (Phi) is 7.18. The highest BCUT2D eigenvalue weighted by atomic mass is 32.1. The van der Waals surface area contributed by atoms with Gasteiger partial charge in [-0.25, -0.2) is 9.37 Å². The molecule has 7 nitrogen and oxygen atoms in total. The third-order valence-electron chi connectivity index (χ3n) is 9.16. The van der Waals surface area contributed by atoms with Crippen LogP contribution in [-0.2, 0) is 45.7 Å². The lowest BCUT2D eigenvalue weighted by Gasteiger charge is -2.30. The van der Waals surface area contributed by atoms with Gasteiger partial charge >= 0.3 is 0 Å². The summed E-state index contributed by atoms with van der Waals surface area (Å²) in [5.41, 5.74) is 8.18. The highest BCUT2D eigenvalue weighted by Crippen LogP contribution is 2.41. The van der Waals surface area contributed by atoms with Gasteiger partial charge in [0.1, 0.15) is 5.82 Å². The summed E-state index contributed by atoms with van der Waals surface area (Å²) in [5.74, 6) is -0.291. The molecule has 1 N–H and O–H groups in total. The Hall–Kier alpha value is -3.82. The lowest BCUT2D eigenvalue weighted by Crippen LogP contribution is -2.37. The summed E-state index contributed by atoms with van der Waals surface area (Å²) in [5, 5.41) is 3.24. The van der Waals surface area contributed by atoms with Crippen LogP contribution in [0.15, 0.2) is 41.3 Å². The van der Waals surface area contributed by atoms with Gasteiger partial charge in [0.05, 0.1) is 16.3 Å². The first kappa shape index (κ1) is 28.0. The van der Waals surface area contributed by atoms with Gasteiger partial charge < -0.3 is 19.7 Å². The quantitative estimate of drug-likeness (QED) is 0.305. The van der Waals surface area contributed by atoms with Crippen molar-refractivity contribution in [2.75, 3.05) is 30.4 Å². The van der Waals surface area contributed by atoms with Crippen LogP contribution >= 0.6 is 11.3 Å². The number of nitrogens with one attached hydrogen (secondary N) is 1. The average molecular weight is 598 g/mol. The lowest BCUT2D eigenvalue weighted by atomic mass is 9.91. The Balaban J connectivity index is 1.26. The van der Waals surface area contributed by atoms with E-state index < -0.39 is 5.82 Å². The molecular weight excluding hydrogens is 561 g/mol. The maximum absolute atomic E-state index is 15.4. The smallest absolute Gasteiger partial charge is 0.293 e. The number of carbonyl (C=O) groups excluding carboxylic acids is 1. The minimum atomic E-state index is -0.434. The molecule has 1 aliphatic carbocycles. The monoisotopic (exact) mass is 597 g/mol. The average Bonchev–Trinajstić information content (AvgIpc) is 3.39. The summed E-state index contributed by atoms with van der Waals surface area (Å²) in [4.78, 5) is 38.0. The van der Waals surface area contributed by atoms with Gasteiger partial charge in [-0.1, -0.05) is 13.0 Å². The standard InChI is InChI=1S/C34H36FN5O2S/c1-4-24-27(16-22(35)17-29(24)40-14-12-26-25-7-5-6-8-30(25)43-31(26)33(40)41)28-19-39(3)34(42)32(37-28)36-23-10-9-21-18-38(2)13-11-20(21)15-23/h9-10,15-17,19H,4-8,11-14,18H2,1-3H3,(H,36,37). The topological polar surface area (TPSA) is 70.5 Å². The molecule has 0 fully saturated rings. The third-order valence-corrected chi connectivity index (χ3v) is 10.5. The van der Waals surface area contributed by atoms with Gasteiger partial charge in [0, 0.05) is 49.0 Å². The fourth-order valence-corrected chi connectivity index (χ4v) is 8.32. The van der Waals surface area contributed by atoms with E-state index in [0.29, 0.717) is 29.9 Å². The first-order valence-corrected chi connectivity index (χ1v) is 16.1. The van der Waals surface area contributed by atoms with Crippen molar-refractivity contribution in [3.63, 3.8) is 0 Å². The van der Waals surface area contributed by atoms with Gasteiger partial charge in [-0.3, -0.25) is 9.59 Å². The number of likely N-dealkylation sites (N-methyl/N-ethyl adjacent to an activating group) is 1. The second kappa shape index (κ2) is 11.0. The van der Waals surface area contributed by atoms with Gasteiger partial charge in [0.15, 0.2) is 5.82 Å². The molecule has 0 atom stereocenters. The number of hydrogen-bond donors (Lipinski definition) is 1. The molecule has 0 unspecified atom stereocenters. The Morgan fingerprint density at radius 3 is 2.65 bits per heavy atom. The summed E-state index contributed by atoms with van der Waals surface area (Å²) in [7, 11) is 3.80. The fraction of sp³-hybridized carbons (Fsp3) is 0.382. The zero-order valence-electron chi connectivity index (χ0n) is 24.9. The van der Waals surface area contributed by atoms with Crippen molar-refractivity contribution in [1.29, 1.82) is 0 Å². The second-order valence-corrected chi connectivity index (χ2v) is 13.1. The van der Waals surface area contributed by atoms with Crippen LogP contribution in [0.4, 0.5) is 21.6 Å². The summed E-state index contributed by atoms with van der Waals surface area (Å²) < 4.78 is 16.8. The Morgan fingerprint density at radius 2 is 1.81 bits per heavy atom. The van der Waals surface area contributed by atoms with Gasteiger partial charge in [0.25, 0.3) is 11.5 Å². The van der Waals surface area contributed by atoms with Crippen LogP contribution in [0.1, 0.15) is 62.1 Å². The van der Waals surface area contributed by atoms with Crippen molar-refractivity contribution in [3.05, 3.63) is 90.3 Å². The van der Waals surface area contributed by atoms with Crippen LogP contribution in [0.25, 0.3) is 11.3 Å². The molecule has 2 aromatic carbocycles. The predicted octanol–water partition coefficient (Wildman–Crippen LogP) is 6.02. The first-order chi connectivity index (χ1) is 20.8. The van der Waals surface area contributed by atoms with Crippen LogP contribution in [0.2, 0.25) is 0 Å². The number of anilines is 3. The van der Waals surface area contributed by atoms with Gasteiger partial charge in [-0.2, -0.15) is 0 Å². The molecule has 0 spiro atoms. The highest BCUT2D eigenvalue weighted by molar-refractivity contribution is 7.14. The largest absolute Gasteiger partial charge is 0.336 e. The van der Waals surface area contributed by atoms with Gasteiger partial charge in [-0.05, 0) is 104 Å². The number of benzene rings is 2. The van der Waals surface area contributed by atoms with E-state index in [2.05, 4.69) is 29.4 Å². The number of aryl methyl sites for hydroxylation is 2. The normalized spacial score (nSPS) is 16.6. The molecule has 1 amide bonds. The molecular formula is C34H36FN5O2S. The van der Waals surface area contributed by atoms with Crippen molar-refractivity contribution in [2.24, 2.45) is 7.05 Å². The van der Waals surface area contributed by atoms with Crippen molar-refractivity contribution in [2.45, 2.75) is 58.4 Å². The lowest BCUT2D eigenvalue weighted by molar-refractivity contribution is 0.0984. The molecule has 4 heterocycles. The summed E-state index contributed by atoms with van der Waals surface area (Å²) in [6.45, 7) is 4.42. The molecule has 0 saturated carbocycles. The van der Waals surface area contributed by atoms with Crippen LogP contribution in [0, 0.1) is 5.82 Å². The maximum atomic E-state index is 15.4. The molecule has 0 saturated heterocycles. The van der Waals surface area contributed by atoms with Crippen LogP contribution in [-0.4, -0.2) is 40.5 Å². The molecule has 43 heavy (non-hydrogen) atoms. The highest BCUT2D eigenvalue weighted by Gasteiger charge is 2.33. The van der Waals surface area contributed by atoms with Gasteiger partial charge in [0.2, 0.25) is 0 Å².